The van der Waals surface area contributed by atoms with Gasteiger partial charge in [-0.25, -0.2) is 0 Å². The number of halogens is 3. The molecule has 2 heterocycles. The molecule has 0 radical (unpaired) electrons. The third kappa shape index (κ3) is 5.55. The van der Waals surface area contributed by atoms with Crippen molar-refractivity contribution >= 4 is 46.5 Å². The van der Waals surface area contributed by atoms with Crippen molar-refractivity contribution in [1.82, 2.24) is 15.2 Å². The minimum Gasteiger partial charge on any atom is -0.435 e. The van der Waals surface area contributed by atoms with Gasteiger partial charge in [-0.2, -0.15) is 8.78 Å². The summed E-state index contributed by atoms with van der Waals surface area (Å²) in [5.74, 6) is -1.00. The lowest BCUT2D eigenvalue weighted by Crippen LogP contribution is -2.37. The van der Waals surface area contributed by atoms with Gasteiger partial charge in [0.15, 0.2) is 0 Å². The van der Waals surface area contributed by atoms with Gasteiger partial charge in [0.05, 0.1) is 4.91 Å². The maximum Gasteiger partial charge on any atom is 0.387 e. The molecule has 1 aliphatic heterocycles. The number of benzene rings is 1. The van der Waals surface area contributed by atoms with Crippen LogP contribution in [0.2, 0.25) is 5.02 Å². The number of ether oxygens (including phenoxy) is 1. The summed E-state index contributed by atoms with van der Waals surface area (Å²) in [5.41, 5.74) is 0.665. The number of amides is 3. The molecule has 3 amide bonds. The van der Waals surface area contributed by atoms with Crippen LogP contribution in [0.1, 0.15) is 16.1 Å². The smallest absolute Gasteiger partial charge is 0.387 e. The Hall–Kier alpha value is -2.98. The molecule has 1 N–H and O–H groups in total. The van der Waals surface area contributed by atoms with E-state index in [0.29, 0.717) is 10.6 Å². The van der Waals surface area contributed by atoms with Crippen molar-refractivity contribution in [2.24, 2.45) is 0 Å². The van der Waals surface area contributed by atoms with Crippen LogP contribution in [-0.4, -0.2) is 46.6 Å². The molecule has 0 saturated carbocycles. The molecule has 2 aromatic rings. The van der Waals surface area contributed by atoms with Crippen LogP contribution in [0.3, 0.4) is 0 Å². The van der Waals surface area contributed by atoms with Crippen LogP contribution in [-0.2, 0) is 4.79 Å². The van der Waals surface area contributed by atoms with Crippen molar-refractivity contribution in [2.75, 3.05) is 13.1 Å². The van der Waals surface area contributed by atoms with Gasteiger partial charge in [-0.3, -0.25) is 24.3 Å². The summed E-state index contributed by atoms with van der Waals surface area (Å²) >= 11 is 6.56. The molecular formula is C19H14ClF2N3O4S. The van der Waals surface area contributed by atoms with E-state index in [1.807, 2.05) is 0 Å². The van der Waals surface area contributed by atoms with Crippen LogP contribution < -0.4 is 10.1 Å². The van der Waals surface area contributed by atoms with Gasteiger partial charge in [-0.05, 0) is 47.7 Å². The highest BCUT2D eigenvalue weighted by atomic mass is 35.5. The second-order valence-corrected chi connectivity index (χ2v) is 7.33. The minimum absolute atomic E-state index is 0.0137. The highest BCUT2D eigenvalue weighted by Crippen LogP contribution is 2.32. The first-order valence-corrected chi connectivity index (χ1v) is 9.73. The zero-order valence-electron chi connectivity index (χ0n) is 15.2. The summed E-state index contributed by atoms with van der Waals surface area (Å²) in [6.45, 7) is -2.91. The topological polar surface area (TPSA) is 88.6 Å². The van der Waals surface area contributed by atoms with E-state index in [1.165, 1.54) is 48.7 Å². The highest BCUT2D eigenvalue weighted by molar-refractivity contribution is 8.18. The van der Waals surface area contributed by atoms with Crippen molar-refractivity contribution in [1.29, 1.82) is 0 Å². The molecule has 0 spiro atoms. The number of carbonyl (C=O) groups is 3. The fourth-order valence-corrected chi connectivity index (χ4v) is 3.52. The van der Waals surface area contributed by atoms with Crippen LogP contribution in [0.4, 0.5) is 13.6 Å². The van der Waals surface area contributed by atoms with E-state index in [1.54, 1.807) is 0 Å². The lowest BCUT2D eigenvalue weighted by atomic mass is 10.2. The first-order chi connectivity index (χ1) is 14.3. The average molecular weight is 454 g/mol. The van der Waals surface area contributed by atoms with Gasteiger partial charge in [0.2, 0.25) is 0 Å². The zero-order valence-corrected chi connectivity index (χ0v) is 16.8. The predicted octanol–water partition coefficient (Wildman–Crippen LogP) is 3.80. The number of nitrogens with one attached hydrogen (secondary N) is 1. The monoisotopic (exact) mass is 453 g/mol. The van der Waals surface area contributed by atoms with Crippen LogP contribution in [0.15, 0.2) is 47.5 Å². The Balaban J connectivity index is 1.58. The van der Waals surface area contributed by atoms with Gasteiger partial charge in [-0.1, -0.05) is 23.7 Å². The number of carbonyl (C=O) groups excluding carboxylic acids is 3. The Morgan fingerprint density at radius 2 is 2.00 bits per heavy atom. The molecule has 0 aliphatic carbocycles. The van der Waals surface area contributed by atoms with Crippen LogP contribution in [0.25, 0.3) is 6.08 Å². The molecule has 3 rings (SSSR count). The molecular weight excluding hydrogens is 440 g/mol. The Morgan fingerprint density at radius 3 is 2.67 bits per heavy atom. The molecule has 156 valence electrons. The summed E-state index contributed by atoms with van der Waals surface area (Å²) in [6, 6.07) is 8.58. The number of imide groups is 1. The number of pyridine rings is 1. The number of nitrogens with zero attached hydrogens (tertiary/aromatic N) is 2. The molecule has 0 atom stereocenters. The largest absolute Gasteiger partial charge is 0.435 e. The predicted molar refractivity (Wildman–Crippen MR) is 107 cm³/mol. The molecule has 1 aliphatic rings. The first kappa shape index (κ1) is 21.7. The molecule has 7 nitrogen and oxygen atoms in total. The van der Waals surface area contributed by atoms with Crippen LogP contribution >= 0.6 is 23.4 Å². The van der Waals surface area contributed by atoms with Crippen LogP contribution in [0.5, 0.6) is 5.75 Å². The SMILES string of the molecule is O=C(NCCN1C(=O)S/C(=C\c2ccc(OC(F)F)cc2)C1=O)c1cc(Cl)ccn1. The second kappa shape index (κ2) is 9.68. The number of alkyl halides is 2. The summed E-state index contributed by atoms with van der Waals surface area (Å²) in [6.07, 6.45) is 2.87. The summed E-state index contributed by atoms with van der Waals surface area (Å²) in [4.78, 5) is 41.7. The van der Waals surface area contributed by atoms with E-state index in [2.05, 4.69) is 15.0 Å². The van der Waals surface area contributed by atoms with Crippen molar-refractivity contribution in [2.45, 2.75) is 6.61 Å². The fourth-order valence-electron chi connectivity index (χ4n) is 2.49. The molecule has 1 aromatic carbocycles. The number of rotatable bonds is 7. The zero-order chi connectivity index (χ0) is 21.7. The molecule has 1 saturated heterocycles. The van der Waals surface area contributed by atoms with Crippen molar-refractivity contribution in [3.8, 4) is 5.75 Å². The maximum atomic E-state index is 12.5. The Morgan fingerprint density at radius 1 is 1.27 bits per heavy atom. The second-order valence-electron chi connectivity index (χ2n) is 5.90. The Bertz CT molecular complexity index is 1000. The van der Waals surface area contributed by atoms with Gasteiger partial charge < -0.3 is 10.1 Å². The summed E-state index contributed by atoms with van der Waals surface area (Å²) < 4.78 is 28.6. The number of hydrogen-bond donors (Lipinski definition) is 1. The third-order valence-electron chi connectivity index (χ3n) is 3.85. The summed E-state index contributed by atoms with van der Waals surface area (Å²) in [5, 5.41) is 2.46. The van der Waals surface area contributed by atoms with E-state index in [0.717, 1.165) is 16.7 Å². The molecule has 0 unspecified atom stereocenters. The van der Waals surface area contributed by atoms with Crippen molar-refractivity contribution < 1.29 is 27.9 Å². The highest BCUT2D eigenvalue weighted by Gasteiger charge is 2.34. The normalized spacial score (nSPS) is 15.2. The van der Waals surface area contributed by atoms with Gasteiger partial charge in [-0.15, -0.1) is 0 Å². The number of aromatic nitrogens is 1. The third-order valence-corrected chi connectivity index (χ3v) is 4.99. The average Bonchev–Trinajstić information content (AvgIpc) is 2.96. The molecule has 1 aromatic heterocycles. The van der Waals surface area contributed by atoms with Gasteiger partial charge >= 0.3 is 6.61 Å². The lowest BCUT2D eigenvalue weighted by Gasteiger charge is -2.12. The molecule has 11 heteroatoms. The van der Waals surface area contributed by atoms with E-state index in [-0.39, 0.29) is 29.4 Å². The summed E-state index contributed by atoms with van der Waals surface area (Å²) in [7, 11) is 0. The lowest BCUT2D eigenvalue weighted by molar-refractivity contribution is -0.122. The van der Waals surface area contributed by atoms with Gasteiger partial charge in [0.25, 0.3) is 17.1 Å². The maximum absolute atomic E-state index is 12.5. The molecule has 30 heavy (non-hydrogen) atoms. The minimum atomic E-state index is -2.93. The Labute approximate surface area is 179 Å². The quantitative estimate of drug-likeness (QED) is 0.641. The number of thioether (sulfide) groups is 1. The van der Waals surface area contributed by atoms with Crippen molar-refractivity contribution in [3.05, 3.63) is 63.8 Å². The first-order valence-electron chi connectivity index (χ1n) is 8.53. The molecule has 1 fully saturated rings. The van der Waals surface area contributed by atoms with Crippen LogP contribution in [0, 0.1) is 0 Å². The fraction of sp³-hybridized carbons (Fsp3) is 0.158. The van der Waals surface area contributed by atoms with E-state index in [9.17, 15) is 23.2 Å². The standard InChI is InChI=1S/C19H14ClF2N3O4S/c20-12-5-6-23-14(10-12)16(26)24-7-8-25-17(27)15(30-19(25)28)9-11-1-3-13(4-2-11)29-18(21)22/h1-6,9-10,18H,7-8H2,(H,24,26)/b15-9-. The van der Waals surface area contributed by atoms with Gasteiger partial charge in [0.1, 0.15) is 11.4 Å². The molecule has 0 bridgehead atoms. The van der Waals surface area contributed by atoms with Crippen molar-refractivity contribution in [3.63, 3.8) is 0 Å². The van der Waals surface area contributed by atoms with E-state index < -0.39 is 23.7 Å². The number of hydrogen-bond acceptors (Lipinski definition) is 6. The Kier molecular flexibility index (Phi) is 7.01. The van der Waals surface area contributed by atoms with E-state index in [4.69, 9.17) is 11.6 Å². The van der Waals surface area contributed by atoms with E-state index >= 15 is 0 Å². The van der Waals surface area contributed by atoms with Gasteiger partial charge in [0, 0.05) is 24.3 Å².